The first-order chi connectivity index (χ1) is 18.1. The number of sulfonamides is 1. The molecule has 1 aliphatic carbocycles. The molecule has 0 bridgehead atoms. The highest BCUT2D eigenvalue weighted by Crippen LogP contribution is 2.43. The molecule has 0 aromatic heterocycles. The maximum Gasteiger partial charge on any atom is 0.240 e. The minimum Gasteiger partial charge on any atom is -0.484 e. The van der Waals surface area contributed by atoms with Gasteiger partial charge in [-0.3, -0.25) is 4.90 Å². The molecule has 2 aromatic carbocycles. The summed E-state index contributed by atoms with van der Waals surface area (Å²) < 4.78 is 41.1. The number of halogens is 1. The van der Waals surface area contributed by atoms with Gasteiger partial charge in [0.25, 0.3) is 0 Å². The number of nitrogens with zero attached hydrogens (tertiary/aromatic N) is 3. The summed E-state index contributed by atoms with van der Waals surface area (Å²) in [6, 6.07) is 8.37. The van der Waals surface area contributed by atoms with E-state index in [1.807, 2.05) is 27.1 Å². The van der Waals surface area contributed by atoms with Gasteiger partial charge in [0.05, 0.1) is 30.7 Å². The summed E-state index contributed by atoms with van der Waals surface area (Å²) >= 11 is 6.32. The SMILES string of the molecule is [C-]#[N+]c1cc(Cl)cc2c1C[C@H](N(C)C)[C@H]2Oc1ccc(S(=O)(=O)N[C@H]2CCN(CCOCCN)C2)cc1C. The smallest absolute Gasteiger partial charge is 0.240 e. The van der Waals surface area contributed by atoms with Gasteiger partial charge in [0.1, 0.15) is 11.9 Å². The number of benzene rings is 2. The standard InChI is InChI=1S/C27H36ClN5O4S/c1-18-13-21(38(34,35)31-20-7-9-33(17-20)10-12-36-11-8-29)5-6-26(18)37-27-23-14-19(28)15-24(30-2)22(23)16-25(27)32(3)4/h5-6,13-15,20,25,27,31H,7-12,16-17,29H2,1,3-4H3/t20-,25-,27-/m0/s1. The Morgan fingerprint density at radius 1 is 1.26 bits per heavy atom. The average Bonchev–Trinajstić information content (AvgIpc) is 3.46. The van der Waals surface area contributed by atoms with Crippen LogP contribution in [-0.4, -0.2) is 83.8 Å². The van der Waals surface area contributed by atoms with Gasteiger partial charge in [-0.15, -0.1) is 0 Å². The number of nitrogens with one attached hydrogen (secondary N) is 1. The molecule has 11 heteroatoms. The molecule has 1 fully saturated rings. The third-order valence-corrected chi connectivity index (χ3v) is 8.93. The van der Waals surface area contributed by atoms with E-state index in [2.05, 4.69) is 19.4 Å². The van der Waals surface area contributed by atoms with Crippen LogP contribution in [0.4, 0.5) is 5.69 Å². The summed E-state index contributed by atoms with van der Waals surface area (Å²) in [6.45, 7) is 13.2. The van der Waals surface area contributed by atoms with Crippen molar-refractivity contribution >= 4 is 27.3 Å². The number of hydrogen-bond donors (Lipinski definition) is 2. The predicted octanol–water partition coefficient (Wildman–Crippen LogP) is 3.13. The normalized spacial score (nSPS) is 21.6. The first-order valence-corrected chi connectivity index (χ1v) is 14.6. The van der Waals surface area contributed by atoms with E-state index < -0.39 is 10.0 Å². The van der Waals surface area contributed by atoms with Crippen molar-refractivity contribution in [1.29, 1.82) is 0 Å². The van der Waals surface area contributed by atoms with E-state index in [1.54, 1.807) is 24.3 Å². The Morgan fingerprint density at radius 3 is 2.74 bits per heavy atom. The van der Waals surface area contributed by atoms with Crippen LogP contribution in [0, 0.1) is 13.5 Å². The van der Waals surface area contributed by atoms with Gasteiger partial charge in [-0.1, -0.05) is 11.6 Å². The lowest BCUT2D eigenvalue weighted by Crippen LogP contribution is -2.37. The molecule has 2 aromatic rings. The molecule has 1 aliphatic heterocycles. The number of likely N-dealkylation sites (N-methyl/N-ethyl adjacent to an activating group) is 1. The molecule has 1 saturated heterocycles. The molecule has 3 atom stereocenters. The van der Waals surface area contributed by atoms with Crippen LogP contribution in [-0.2, 0) is 21.2 Å². The summed E-state index contributed by atoms with van der Waals surface area (Å²) in [5.74, 6) is 0.600. The molecule has 38 heavy (non-hydrogen) atoms. The third-order valence-electron chi connectivity index (χ3n) is 7.20. The van der Waals surface area contributed by atoms with E-state index >= 15 is 0 Å². The molecular weight excluding hydrogens is 526 g/mol. The fourth-order valence-electron chi connectivity index (χ4n) is 5.19. The van der Waals surface area contributed by atoms with Gasteiger partial charge in [-0.25, -0.2) is 18.0 Å². The van der Waals surface area contributed by atoms with Crippen molar-refractivity contribution < 1.29 is 17.9 Å². The van der Waals surface area contributed by atoms with Crippen LogP contribution in [0.1, 0.15) is 29.2 Å². The largest absolute Gasteiger partial charge is 0.484 e. The van der Waals surface area contributed by atoms with Crippen LogP contribution in [0.25, 0.3) is 4.85 Å². The van der Waals surface area contributed by atoms with Crippen LogP contribution >= 0.6 is 11.6 Å². The summed E-state index contributed by atoms with van der Waals surface area (Å²) in [5.41, 5.74) is 8.56. The minimum atomic E-state index is -3.69. The Balaban J connectivity index is 1.46. The molecule has 4 rings (SSSR count). The number of fused-ring (bicyclic) bond motifs is 1. The summed E-state index contributed by atoms with van der Waals surface area (Å²) in [4.78, 5) is 8.15. The Labute approximate surface area is 230 Å². The van der Waals surface area contributed by atoms with Crippen molar-refractivity contribution in [3.8, 4) is 5.75 Å². The van der Waals surface area contributed by atoms with Crippen molar-refractivity contribution in [2.45, 2.75) is 42.8 Å². The van der Waals surface area contributed by atoms with Crippen LogP contribution in [0.3, 0.4) is 0 Å². The topological polar surface area (TPSA) is 101 Å². The Bertz CT molecular complexity index is 1300. The number of hydrogen-bond acceptors (Lipinski definition) is 7. The highest BCUT2D eigenvalue weighted by molar-refractivity contribution is 7.89. The molecule has 0 spiro atoms. The highest BCUT2D eigenvalue weighted by Gasteiger charge is 2.38. The van der Waals surface area contributed by atoms with Crippen molar-refractivity contribution in [2.24, 2.45) is 5.73 Å². The Kier molecular flexibility index (Phi) is 9.31. The first kappa shape index (κ1) is 28.8. The highest BCUT2D eigenvalue weighted by atomic mass is 35.5. The Hall–Kier alpha value is -2.23. The molecule has 0 radical (unpaired) electrons. The lowest BCUT2D eigenvalue weighted by Gasteiger charge is -2.28. The van der Waals surface area contributed by atoms with Crippen LogP contribution in [0.2, 0.25) is 5.02 Å². The van der Waals surface area contributed by atoms with E-state index in [9.17, 15) is 8.42 Å². The zero-order chi connectivity index (χ0) is 27.4. The second-order valence-electron chi connectivity index (χ2n) is 10.1. The first-order valence-electron chi connectivity index (χ1n) is 12.8. The second-order valence-corrected chi connectivity index (χ2v) is 12.3. The van der Waals surface area contributed by atoms with E-state index in [0.29, 0.717) is 49.2 Å². The van der Waals surface area contributed by atoms with E-state index in [4.69, 9.17) is 33.4 Å². The zero-order valence-corrected chi connectivity index (χ0v) is 23.7. The number of nitrogens with two attached hydrogens (primary N) is 1. The molecule has 0 amide bonds. The van der Waals surface area contributed by atoms with Crippen molar-refractivity contribution in [1.82, 2.24) is 14.5 Å². The van der Waals surface area contributed by atoms with Crippen LogP contribution < -0.4 is 15.2 Å². The molecule has 0 saturated carbocycles. The molecule has 2 aliphatic rings. The summed E-state index contributed by atoms with van der Waals surface area (Å²) in [5, 5.41) is 0.501. The van der Waals surface area contributed by atoms with Gasteiger partial charge in [0.15, 0.2) is 5.69 Å². The maximum atomic E-state index is 13.2. The van der Waals surface area contributed by atoms with E-state index in [1.165, 1.54) is 0 Å². The Morgan fingerprint density at radius 2 is 2.05 bits per heavy atom. The molecule has 0 unspecified atom stereocenters. The van der Waals surface area contributed by atoms with Gasteiger partial charge >= 0.3 is 0 Å². The van der Waals surface area contributed by atoms with E-state index in [0.717, 1.165) is 36.2 Å². The maximum absolute atomic E-state index is 13.2. The molecule has 1 heterocycles. The van der Waals surface area contributed by atoms with Crippen LogP contribution in [0.15, 0.2) is 35.2 Å². The molecule has 3 N–H and O–H groups in total. The molecule has 9 nitrogen and oxygen atoms in total. The second kappa shape index (κ2) is 12.3. The lowest BCUT2D eigenvalue weighted by atomic mass is 10.1. The summed E-state index contributed by atoms with van der Waals surface area (Å²) in [6.07, 6.45) is 1.09. The van der Waals surface area contributed by atoms with Crippen molar-refractivity contribution in [2.75, 3.05) is 53.5 Å². The van der Waals surface area contributed by atoms with Gasteiger partial charge in [-0.05, 0) is 87.4 Å². The quantitative estimate of drug-likeness (QED) is 0.321. The molecule has 206 valence electrons. The van der Waals surface area contributed by atoms with Gasteiger partial charge < -0.3 is 20.1 Å². The predicted molar refractivity (Wildman–Crippen MR) is 148 cm³/mol. The van der Waals surface area contributed by atoms with E-state index in [-0.39, 0.29) is 23.1 Å². The minimum absolute atomic E-state index is 0.0134. The molecular formula is C27H36ClN5O4S. The lowest BCUT2D eigenvalue weighted by molar-refractivity contribution is 0.110. The average molecular weight is 562 g/mol. The zero-order valence-electron chi connectivity index (χ0n) is 22.1. The summed E-state index contributed by atoms with van der Waals surface area (Å²) in [7, 11) is 0.278. The third kappa shape index (κ3) is 6.49. The van der Waals surface area contributed by atoms with Gasteiger partial charge in [-0.2, -0.15) is 0 Å². The number of likely N-dealkylation sites (tertiary alicyclic amines) is 1. The van der Waals surface area contributed by atoms with Gasteiger partial charge in [0, 0.05) is 30.7 Å². The number of rotatable bonds is 11. The van der Waals surface area contributed by atoms with Crippen LogP contribution in [0.5, 0.6) is 5.75 Å². The fourth-order valence-corrected chi connectivity index (χ4v) is 6.76. The number of aryl methyl sites for hydroxylation is 1. The van der Waals surface area contributed by atoms with Crippen molar-refractivity contribution in [3.05, 3.63) is 63.5 Å². The monoisotopic (exact) mass is 561 g/mol. The van der Waals surface area contributed by atoms with Gasteiger partial charge in [0.2, 0.25) is 10.0 Å². The number of ether oxygens (including phenoxy) is 2. The fraction of sp³-hybridized carbons (Fsp3) is 0.519. The van der Waals surface area contributed by atoms with Crippen molar-refractivity contribution in [3.63, 3.8) is 0 Å².